The zero-order valence-electron chi connectivity index (χ0n) is 20.3. The van der Waals surface area contributed by atoms with E-state index in [0.717, 1.165) is 60.2 Å². The van der Waals surface area contributed by atoms with E-state index in [1.54, 1.807) is 0 Å². The van der Waals surface area contributed by atoms with Crippen LogP contribution in [0.4, 0.5) is 0 Å². The van der Waals surface area contributed by atoms with Crippen molar-refractivity contribution in [1.82, 2.24) is 35.4 Å². The number of aromatic amines is 1. The maximum atomic E-state index is 13.1. The lowest BCUT2D eigenvalue weighted by Crippen LogP contribution is -2.19. The van der Waals surface area contributed by atoms with Crippen LogP contribution in [0.5, 0.6) is 0 Å². The van der Waals surface area contributed by atoms with E-state index in [0.29, 0.717) is 18.2 Å². The monoisotopic (exact) mass is 469 g/mol. The van der Waals surface area contributed by atoms with Crippen molar-refractivity contribution in [2.45, 2.75) is 64.8 Å². The molecule has 1 fully saturated rings. The quantitative estimate of drug-likeness (QED) is 0.344. The molecule has 35 heavy (non-hydrogen) atoms. The van der Waals surface area contributed by atoms with Crippen molar-refractivity contribution >= 4 is 5.78 Å². The standard InChI is InChI=1S/C27H31N7O/c1-3-18(2)27-28-26(24(35)21-9-5-4-6-10-21)31-34(27)17-19-13-15-20(16-14-19)22-11-7-8-12-23(22)25-29-32-33-30-25/h7-8,11-16,18,21H,3-6,9-10,17H2,1-2H3,(H,29,30,32,33). The van der Waals surface area contributed by atoms with E-state index in [-0.39, 0.29) is 17.6 Å². The summed E-state index contributed by atoms with van der Waals surface area (Å²) in [7, 11) is 0. The predicted octanol–water partition coefficient (Wildman–Crippen LogP) is 5.45. The smallest absolute Gasteiger partial charge is 0.217 e. The van der Waals surface area contributed by atoms with E-state index < -0.39 is 0 Å². The Morgan fingerprint density at radius 1 is 1.06 bits per heavy atom. The highest BCUT2D eigenvalue weighted by molar-refractivity contribution is 5.94. The maximum Gasteiger partial charge on any atom is 0.217 e. The summed E-state index contributed by atoms with van der Waals surface area (Å²) in [6.45, 7) is 4.87. The number of nitrogens with zero attached hydrogens (tertiary/aromatic N) is 6. The van der Waals surface area contributed by atoms with Crippen LogP contribution in [0.2, 0.25) is 0 Å². The molecule has 1 unspecified atom stereocenters. The lowest BCUT2D eigenvalue weighted by atomic mass is 9.86. The number of aromatic nitrogens is 7. The fourth-order valence-electron chi connectivity index (χ4n) is 4.84. The third-order valence-corrected chi connectivity index (χ3v) is 7.06. The molecule has 8 heteroatoms. The minimum atomic E-state index is 0.0722. The van der Waals surface area contributed by atoms with Gasteiger partial charge in [0.1, 0.15) is 5.82 Å². The van der Waals surface area contributed by atoms with Gasteiger partial charge >= 0.3 is 0 Å². The second-order valence-electron chi connectivity index (χ2n) is 9.44. The van der Waals surface area contributed by atoms with Crippen molar-refractivity contribution in [3.63, 3.8) is 0 Å². The van der Waals surface area contributed by atoms with Gasteiger partial charge in [-0.3, -0.25) is 4.79 Å². The Bertz CT molecular complexity index is 1270. The fraction of sp³-hybridized carbons (Fsp3) is 0.407. The SMILES string of the molecule is CCC(C)c1nc(C(=O)C2CCCCC2)nn1Cc1ccc(-c2ccccc2-c2nn[nH]n2)cc1. The topological polar surface area (TPSA) is 102 Å². The minimum Gasteiger partial charge on any atom is -0.290 e. The van der Waals surface area contributed by atoms with Crippen molar-refractivity contribution < 1.29 is 4.79 Å². The van der Waals surface area contributed by atoms with E-state index in [4.69, 9.17) is 10.1 Å². The van der Waals surface area contributed by atoms with Crippen LogP contribution in [0.25, 0.3) is 22.5 Å². The van der Waals surface area contributed by atoms with Gasteiger partial charge in [0.05, 0.1) is 6.54 Å². The number of carbonyl (C=O) groups is 1. The third-order valence-electron chi connectivity index (χ3n) is 7.06. The number of ketones is 1. The molecule has 1 saturated carbocycles. The summed E-state index contributed by atoms with van der Waals surface area (Å²) >= 11 is 0. The minimum absolute atomic E-state index is 0.0722. The van der Waals surface area contributed by atoms with Gasteiger partial charge in [0.2, 0.25) is 17.4 Å². The van der Waals surface area contributed by atoms with Crippen molar-refractivity contribution in [2.75, 3.05) is 0 Å². The van der Waals surface area contributed by atoms with Crippen LogP contribution in [0.1, 0.15) is 80.3 Å². The van der Waals surface area contributed by atoms with Gasteiger partial charge < -0.3 is 0 Å². The molecule has 1 N–H and O–H groups in total. The van der Waals surface area contributed by atoms with Crippen LogP contribution < -0.4 is 0 Å². The summed E-state index contributed by atoms with van der Waals surface area (Å²) in [6.07, 6.45) is 6.33. The first-order valence-electron chi connectivity index (χ1n) is 12.5. The molecule has 0 saturated heterocycles. The number of hydrogen-bond donors (Lipinski definition) is 1. The molecular formula is C27H31N7O. The molecule has 0 bridgehead atoms. The molecule has 0 amide bonds. The van der Waals surface area contributed by atoms with Crippen molar-refractivity contribution in [3.05, 3.63) is 65.7 Å². The lowest BCUT2D eigenvalue weighted by molar-refractivity contribution is 0.0878. The summed E-state index contributed by atoms with van der Waals surface area (Å²) in [5.74, 6) is 2.26. The first kappa shape index (κ1) is 23.1. The Balaban J connectivity index is 1.40. The Hall–Kier alpha value is -3.68. The number of Topliss-reactive ketones (excluding diaryl/α,β-unsaturated/α-hetero) is 1. The number of rotatable bonds is 8. The first-order valence-corrected chi connectivity index (χ1v) is 12.5. The summed E-state index contributed by atoms with van der Waals surface area (Å²) in [6, 6.07) is 16.4. The number of carbonyl (C=O) groups excluding carboxylic acids is 1. The number of H-pyrrole nitrogens is 1. The Morgan fingerprint density at radius 2 is 1.80 bits per heavy atom. The number of benzene rings is 2. The molecule has 1 aliphatic rings. The van der Waals surface area contributed by atoms with Crippen molar-refractivity contribution in [1.29, 1.82) is 0 Å². The zero-order chi connectivity index (χ0) is 24.2. The first-order chi connectivity index (χ1) is 17.1. The van der Waals surface area contributed by atoms with Crippen LogP contribution in [0, 0.1) is 5.92 Å². The van der Waals surface area contributed by atoms with Crippen LogP contribution in [-0.4, -0.2) is 41.2 Å². The predicted molar refractivity (Wildman–Crippen MR) is 134 cm³/mol. The molecule has 1 aliphatic carbocycles. The molecule has 0 aliphatic heterocycles. The van der Waals surface area contributed by atoms with Crippen LogP contribution in [0.15, 0.2) is 48.5 Å². The van der Waals surface area contributed by atoms with Gasteiger partial charge in [0, 0.05) is 17.4 Å². The summed E-state index contributed by atoms with van der Waals surface area (Å²) in [4.78, 5) is 17.8. The Kier molecular flexibility index (Phi) is 6.79. The lowest BCUT2D eigenvalue weighted by Gasteiger charge is -2.18. The Morgan fingerprint density at radius 3 is 2.49 bits per heavy atom. The molecule has 2 heterocycles. The molecular weight excluding hydrogens is 438 g/mol. The van der Waals surface area contributed by atoms with Gasteiger partial charge in [0.25, 0.3) is 0 Å². The highest BCUT2D eigenvalue weighted by Gasteiger charge is 2.27. The van der Waals surface area contributed by atoms with Crippen LogP contribution in [-0.2, 0) is 6.54 Å². The fourth-order valence-corrected chi connectivity index (χ4v) is 4.84. The summed E-state index contributed by atoms with van der Waals surface area (Å²) in [5.41, 5.74) is 4.15. The zero-order valence-corrected chi connectivity index (χ0v) is 20.3. The van der Waals surface area contributed by atoms with Crippen LogP contribution >= 0.6 is 0 Å². The Labute approximate surface area is 205 Å². The van der Waals surface area contributed by atoms with Crippen molar-refractivity contribution in [2.24, 2.45) is 5.92 Å². The highest BCUT2D eigenvalue weighted by atomic mass is 16.1. The number of nitrogens with one attached hydrogen (secondary N) is 1. The summed E-state index contributed by atoms with van der Waals surface area (Å²) in [5, 5.41) is 19.2. The van der Waals surface area contributed by atoms with E-state index in [2.05, 4.69) is 64.8 Å². The second kappa shape index (κ2) is 10.3. The second-order valence-corrected chi connectivity index (χ2v) is 9.44. The van der Waals surface area contributed by atoms with Gasteiger partial charge in [-0.25, -0.2) is 9.67 Å². The molecule has 180 valence electrons. The van der Waals surface area contributed by atoms with E-state index in [1.807, 2.05) is 22.9 Å². The van der Waals surface area contributed by atoms with Gasteiger partial charge in [0.15, 0.2) is 0 Å². The van der Waals surface area contributed by atoms with Gasteiger partial charge in [-0.05, 0) is 41.2 Å². The van der Waals surface area contributed by atoms with Gasteiger partial charge in [-0.15, -0.1) is 15.3 Å². The normalized spacial score (nSPS) is 15.3. The average molecular weight is 470 g/mol. The molecule has 8 nitrogen and oxygen atoms in total. The van der Waals surface area contributed by atoms with Gasteiger partial charge in [-0.1, -0.05) is 81.6 Å². The molecule has 2 aromatic heterocycles. The van der Waals surface area contributed by atoms with Crippen molar-refractivity contribution in [3.8, 4) is 22.5 Å². The maximum absolute atomic E-state index is 13.1. The third kappa shape index (κ3) is 4.92. The van der Waals surface area contributed by atoms with E-state index in [9.17, 15) is 4.79 Å². The van der Waals surface area contributed by atoms with Gasteiger partial charge in [-0.2, -0.15) is 5.21 Å². The average Bonchev–Trinajstić information content (AvgIpc) is 3.60. The molecule has 2 aromatic carbocycles. The van der Waals surface area contributed by atoms with Crippen LogP contribution in [0.3, 0.4) is 0 Å². The number of hydrogen-bond acceptors (Lipinski definition) is 6. The molecule has 5 rings (SSSR count). The molecule has 0 spiro atoms. The molecule has 4 aromatic rings. The number of tetrazole rings is 1. The highest BCUT2D eigenvalue weighted by Crippen LogP contribution is 2.30. The summed E-state index contributed by atoms with van der Waals surface area (Å²) < 4.78 is 1.92. The van der Waals surface area contributed by atoms with E-state index >= 15 is 0 Å². The molecule has 0 radical (unpaired) electrons. The molecule has 1 atom stereocenters. The van der Waals surface area contributed by atoms with E-state index in [1.165, 1.54) is 6.42 Å². The largest absolute Gasteiger partial charge is 0.290 e.